The average molecular weight is 529 g/mol. The number of imidazole rings is 1. The molecule has 0 bridgehead atoms. The smallest absolute Gasteiger partial charge is 0.336 e. The number of aliphatic hydroxyl groups is 1. The van der Waals surface area contributed by atoms with Crippen molar-refractivity contribution < 1.29 is 44.3 Å². The lowest BCUT2D eigenvalue weighted by atomic mass is 9.96. The Labute approximate surface area is 217 Å². The molecule has 5 N–H and O–H groups in total. The molecule has 0 fully saturated rings. The lowest BCUT2D eigenvalue weighted by Gasteiger charge is -2.22. The zero-order valence-electron chi connectivity index (χ0n) is 20.5. The predicted octanol–water partition coefficient (Wildman–Crippen LogP) is 1.80. The molecule has 1 aliphatic rings. The largest absolute Gasteiger partial charge is 0.481 e. The molecule has 1 aliphatic heterocycles. The number of nitrogens with one attached hydrogen (secondary N) is 1. The number of carboxylic acids is 3. The molecule has 3 heterocycles. The van der Waals surface area contributed by atoms with E-state index in [0.717, 1.165) is 42.5 Å². The minimum atomic E-state index is -2.74. The Morgan fingerprint density at radius 3 is 2.26 bits per heavy atom. The highest BCUT2D eigenvalue weighted by Crippen LogP contribution is 2.33. The summed E-state index contributed by atoms with van der Waals surface area (Å²) in [6.07, 6.45) is 3.16. The van der Waals surface area contributed by atoms with Gasteiger partial charge in [-0.2, -0.15) is 0 Å². The first kappa shape index (κ1) is 28.1. The molecule has 0 saturated carbocycles. The SMILES string of the molecule is Cc1[nH]cnc1CN(Cc1cccnc1)Cc1ccc2c(c1)OCO2.O=C(O)CC(O)(CC(=O)O)C(=O)O. The third-order valence-corrected chi connectivity index (χ3v) is 5.57. The van der Waals surface area contributed by atoms with E-state index < -0.39 is 36.4 Å². The number of H-pyrrole nitrogens is 1. The Morgan fingerprint density at radius 1 is 1.00 bits per heavy atom. The lowest BCUT2D eigenvalue weighted by molar-refractivity contribution is -0.170. The number of aliphatic carboxylic acids is 3. The van der Waals surface area contributed by atoms with Crippen molar-refractivity contribution in [2.75, 3.05) is 6.79 Å². The number of hydrogen-bond acceptors (Lipinski definition) is 9. The Kier molecular flexibility index (Phi) is 9.35. The summed E-state index contributed by atoms with van der Waals surface area (Å²) in [6.45, 7) is 4.70. The molecule has 13 nitrogen and oxygen atoms in total. The van der Waals surface area contributed by atoms with Crippen LogP contribution in [0.15, 0.2) is 49.1 Å². The maximum Gasteiger partial charge on any atom is 0.336 e. The molecule has 2 aromatic heterocycles. The van der Waals surface area contributed by atoms with Crippen LogP contribution < -0.4 is 9.47 Å². The summed E-state index contributed by atoms with van der Waals surface area (Å²) in [4.78, 5) is 44.6. The maximum absolute atomic E-state index is 10.3. The van der Waals surface area contributed by atoms with Crippen molar-refractivity contribution in [1.82, 2.24) is 19.9 Å². The number of hydrogen-bond donors (Lipinski definition) is 5. The van der Waals surface area contributed by atoms with E-state index in [1.165, 1.54) is 11.1 Å². The van der Waals surface area contributed by atoms with Gasteiger partial charge in [-0.25, -0.2) is 9.78 Å². The van der Waals surface area contributed by atoms with Gasteiger partial charge in [0.15, 0.2) is 17.1 Å². The number of nitrogens with zero attached hydrogens (tertiary/aromatic N) is 3. The summed E-state index contributed by atoms with van der Waals surface area (Å²) >= 11 is 0. The second kappa shape index (κ2) is 12.7. The number of carbonyl (C=O) groups is 3. The second-order valence-electron chi connectivity index (χ2n) is 8.65. The molecule has 0 aliphatic carbocycles. The fourth-order valence-corrected chi connectivity index (χ4v) is 3.69. The molecule has 4 rings (SSSR count). The molecule has 0 radical (unpaired) electrons. The Bertz CT molecular complexity index is 1250. The van der Waals surface area contributed by atoms with Crippen LogP contribution in [0.4, 0.5) is 0 Å². The van der Waals surface area contributed by atoms with Crippen LogP contribution >= 0.6 is 0 Å². The van der Waals surface area contributed by atoms with E-state index in [4.69, 9.17) is 29.9 Å². The topological polar surface area (TPSA) is 195 Å². The van der Waals surface area contributed by atoms with E-state index in [1.54, 1.807) is 12.5 Å². The number of carboxylic acid groups (broad SMARTS) is 3. The molecule has 0 saturated heterocycles. The van der Waals surface area contributed by atoms with Gasteiger partial charge < -0.3 is 34.9 Å². The number of aryl methyl sites for hydroxylation is 1. The Balaban J connectivity index is 0.000000263. The first-order valence-corrected chi connectivity index (χ1v) is 11.4. The van der Waals surface area contributed by atoms with Gasteiger partial charge in [0.05, 0.1) is 24.9 Å². The van der Waals surface area contributed by atoms with E-state index in [9.17, 15) is 14.4 Å². The van der Waals surface area contributed by atoms with Gasteiger partial charge in [0.25, 0.3) is 0 Å². The van der Waals surface area contributed by atoms with E-state index in [1.807, 2.05) is 25.3 Å². The normalized spacial score (nSPS) is 12.1. The van der Waals surface area contributed by atoms with Crippen molar-refractivity contribution >= 4 is 17.9 Å². The van der Waals surface area contributed by atoms with E-state index in [0.29, 0.717) is 6.79 Å². The molecule has 0 atom stereocenters. The molecule has 0 amide bonds. The third-order valence-electron chi connectivity index (χ3n) is 5.57. The molecule has 1 aromatic carbocycles. The number of aromatic amines is 1. The monoisotopic (exact) mass is 528 g/mol. The van der Waals surface area contributed by atoms with Gasteiger partial charge in [-0.3, -0.25) is 19.5 Å². The first-order valence-electron chi connectivity index (χ1n) is 11.4. The van der Waals surface area contributed by atoms with Crippen LogP contribution in [0.5, 0.6) is 11.5 Å². The van der Waals surface area contributed by atoms with E-state index in [2.05, 4.69) is 38.1 Å². The van der Waals surface area contributed by atoms with Gasteiger partial charge in [-0.15, -0.1) is 0 Å². The molecule has 202 valence electrons. The van der Waals surface area contributed by atoms with Gasteiger partial charge in [-0.1, -0.05) is 12.1 Å². The Hall–Kier alpha value is -4.49. The standard InChI is InChI=1S/C19H20N4O2.C6H8O7/c1-14-17(22-12-21-14)11-23(10-16-3-2-6-20-8-16)9-15-4-5-18-19(7-15)25-13-24-18;7-3(8)1-6(13,5(11)12)2-4(9)10/h2-8,12H,9-11,13H2,1H3,(H,21,22);13H,1-2H2,(H,7,8)(H,9,10)(H,11,12). The number of ether oxygens (including phenoxy) is 2. The van der Waals surface area contributed by atoms with Gasteiger partial charge in [-0.05, 0) is 36.2 Å². The third kappa shape index (κ3) is 8.01. The highest BCUT2D eigenvalue weighted by atomic mass is 16.7. The van der Waals surface area contributed by atoms with Crippen molar-refractivity contribution in [1.29, 1.82) is 0 Å². The van der Waals surface area contributed by atoms with Crippen molar-refractivity contribution in [2.24, 2.45) is 0 Å². The summed E-state index contributed by atoms with van der Waals surface area (Å²) in [7, 11) is 0. The Morgan fingerprint density at radius 2 is 1.68 bits per heavy atom. The molecule has 13 heteroatoms. The van der Waals surface area contributed by atoms with Crippen LogP contribution in [-0.2, 0) is 34.0 Å². The lowest BCUT2D eigenvalue weighted by Crippen LogP contribution is -2.42. The number of pyridine rings is 1. The van der Waals surface area contributed by atoms with Gasteiger partial charge >= 0.3 is 17.9 Å². The minimum Gasteiger partial charge on any atom is -0.481 e. The van der Waals surface area contributed by atoms with Crippen molar-refractivity contribution in [3.05, 3.63) is 71.6 Å². The van der Waals surface area contributed by atoms with Crippen molar-refractivity contribution in [3.63, 3.8) is 0 Å². The highest BCUT2D eigenvalue weighted by Gasteiger charge is 2.40. The molecule has 0 spiro atoms. The minimum absolute atomic E-state index is 0.296. The summed E-state index contributed by atoms with van der Waals surface area (Å²) in [5.74, 6) is -3.39. The average Bonchev–Trinajstić information content (AvgIpc) is 3.47. The van der Waals surface area contributed by atoms with Crippen molar-refractivity contribution in [3.8, 4) is 11.5 Å². The summed E-state index contributed by atoms with van der Waals surface area (Å²) in [5.41, 5.74) is 1.78. The summed E-state index contributed by atoms with van der Waals surface area (Å²) in [5, 5.41) is 33.8. The van der Waals surface area contributed by atoms with Gasteiger partial charge in [0, 0.05) is 37.7 Å². The van der Waals surface area contributed by atoms with E-state index >= 15 is 0 Å². The quantitative estimate of drug-likeness (QED) is 0.242. The molecular weight excluding hydrogens is 500 g/mol. The number of fused-ring (bicyclic) bond motifs is 1. The summed E-state index contributed by atoms with van der Waals surface area (Å²) < 4.78 is 10.9. The van der Waals surface area contributed by atoms with Gasteiger partial charge in [0.2, 0.25) is 6.79 Å². The van der Waals surface area contributed by atoms with Crippen LogP contribution in [0.1, 0.15) is 35.4 Å². The molecule has 3 aromatic rings. The zero-order valence-corrected chi connectivity index (χ0v) is 20.5. The predicted molar refractivity (Wildman–Crippen MR) is 130 cm³/mol. The van der Waals surface area contributed by atoms with Crippen LogP contribution in [0, 0.1) is 6.92 Å². The van der Waals surface area contributed by atoms with Crippen molar-refractivity contribution in [2.45, 2.75) is 45.0 Å². The molecule has 38 heavy (non-hydrogen) atoms. The number of rotatable bonds is 11. The second-order valence-corrected chi connectivity index (χ2v) is 8.65. The molecular formula is C25H28N4O9. The van der Waals surface area contributed by atoms with Crippen LogP contribution in [0.2, 0.25) is 0 Å². The fourth-order valence-electron chi connectivity index (χ4n) is 3.69. The van der Waals surface area contributed by atoms with E-state index in [-0.39, 0.29) is 0 Å². The number of benzene rings is 1. The van der Waals surface area contributed by atoms with Crippen LogP contribution in [0.25, 0.3) is 0 Å². The maximum atomic E-state index is 10.3. The van der Waals surface area contributed by atoms with Crippen LogP contribution in [-0.4, -0.2) is 70.6 Å². The van der Waals surface area contributed by atoms with Gasteiger partial charge in [0.1, 0.15) is 0 Å². The molecule has 0 unspecified atom stereocenters. The highest BCUT2D eigenvalue weighted by molar-refractivity contribution is 5.88. The first-order chi connectivity index (χ1) is 18.1. The fraction of sp³-hybridized carbons (Fsp3) is 0.320. The number of aromatic nitrogens is 3. The van der Waals surface area contributed by atoms with Crippen LogP contribution in [0.3, 0.4) is 0 Å². The summed E-state index contributed by atoms with van der Waals surface area (Å²) in [6, 6.07) is 10.2. The zero-order chi connectivity index (χ0) is 27.7.